The molecular weight excluding hydrogens is 472 g/mol. The summed E-state index contributed by atoms with van der Waals surface area (Å²) in [5.41, 5.74) is 3.85. The lowest BCUT2D eigenvalue weighted by Crippen LogP contribution is -2.03. The molecule has 2 heterocycles. The molecule has 6 heteroatoms. The van der Waals surface area contributed by atoms with Crippen LogP contribution in [0.1, 0.15) is 16.7 Å². The molecule has 0 atom stereocenters. The first-order valence-corrected chi connectivity index (χ1v) is 12.1. The molecule has 0 aliphatic rings. The highest BCUT2D eigenvalue weighted by molar-refractivity contribution is 5.99. The van der Waals surface area contributed by atoms with E-state index in [1.165, 1.54) is 0 Å². The Morgan fingerprint density at radius 1 is 0.684 bits per heavy atom. The minimum atomic E-state index is 0.255. The Labute approximate surface area is 219 Å². The van der Waals surface area contributed by atoms with Gasteiger partial charge in [-0.2, -0.15) is 10.5 Å². The Kier molecular flexibility index (Phi) is 5.76. The lowest BCUT2D eigenvalue weighted by Gasteiger charge is -2.18. The van der Waals surface area contributed by atoms with Crippen LogP contribution in [0.15, 0.2) is 104 Å². The average molecular weight is 495 g/mol. The van der Waals surface area contributed by atoms with E-state index in [0.717, 1.165) is 38.8 Å². The highest BCUT2D eigenvalue weighted by Crippen LogP contribution is 2.36. The second-order valence-corrected chi connectivity index (χ2v) is 8.86. The Morgan fingerprint density at radius 3 is 2.11 bits per heavy atom. The van der Waals surface area contributed by atoms with Crippen molar-refractivity contribution in [2.45, 2.75) is 6.61 Å². The van der Waals surface area contributed by atoms with E-state index in [1.807, 2.05) is 67.3 Å². The van der Waals surface area contributed by atoms with Crippen LogP contribution in [0.25, 0.3) is 32.9 Å². The number of methoxy groups -OCH3 is 1. The Balaban J connectivity index is 1.49. The third-order valence-electron chi connectivity index (χ3n) is 6.72. The lowest BCUT2D eigenvalue weighted by molar-refractivity contribution is 0.306. The normalized spacial score (nSPS) is 10.8. The van der Waals surface area contributed by atoms with Crippen LogP contribution in [-0.2, 0) is 6.61 Å². The van der Waals surface area contributed by atoms with Crippen molar-refractivity contribution in [3.63, 3.8) is 0 Å². The number of fused-ring (bicyclic) bond motifs is 2. The molecule has 182 valence electrons. The summed E-state index contributed by atoms with van der Waals surface area (Å²) in [7, 11) is 1.68. The first-order valence-electron chi connectivity index (χ1n) is 12.1. The summed E-state index contributed by atoms with van der Waals surface area (Å²) in [5.74, 6) is 1.24. The number of aromatic nitrogens is 2. The summed E-state index contributed by atoms with van der Waals surface area (Å²) in [6.07, 6.45) is 8.03. The first kappa shape index (κ1) is 23.0. The van der Waals surface area contributed by atoms with E-state index in [0.29, 0.717) is 22.3 Å². The number of rotatable bonds is 6. The van der Waals surface area contributed by atoms with Crippen LogP contribution < -0.4 is 9.47 Å². The number of ether oxygens (including phenoxy) is 2. The summed E-state index contributed by atoms with van der Waals surface area (Å²) >= 11 is 0. The van der Waals surface area contributed by atoms with Crippen molar-refractivity contribution in [3.05, 3.63) is 120 Å². The molecular formula is C32H22N4O2. The Hall–Kier alpha value is -5.46. The highest BCUT2D eigenvalue weighted by atomic mass is 16.5. The molecule has 0 radical (unpaired) electrons. The van der Waals surface area contributed by atoms with Gasteiger partial charge >= 0.3 is 0 Å². The Bertz CT molecular complexity index is 1870. The van der Waals surface area contributed by atoms with Crippen LogP contribution in [0, 0.1) is 22.7 Å². The first-order chi connectivity index (χ1) is 18.7. The molecule has 0 aliphatic carbocycles. The van der Waals surface area contributed by atoms with Crippen LogP contribution in [0.3, 0.4) is 0 Å². The lowest BCUT2D eigenvalue weighted by atomic mass is 10.00. The summed E-state index contributed by atoms with van der Waals surface area (Å²) in [6, 6.07) is 29.7. The van der Waals surface area contributed by atoms with E-state index in [4.69, 9.17) is 9.47 Å². The second kappa shape index (κ2) is 9.54. The molecule has 6 rings (SSSR count). The average Bonchev–Trinajstić information content (AvgIpc) is 3.69. The molecule has 0 unspecified atom stereocenters. The Morgan fingerprint density at radius 2 is 1.39 bits per heavy atom. The SMILES string of the molecule is COc1ccc2c(-n3cccc3)cc(COc3ccc4c(C#N)cccc4c3C#N)cc2c1-n1cccc1. The van der Waals surface area contributed by atoms with Gasteiger partial charge < -0.3 is 18.6 Å². The van der Waals surface area contributed by atoms with Gasteiger partial charge in [0.25, 0.3) is 0 Å². The number of nitrogens with zero attached hydrogens (tertiary/aromatic N) is 4. The summed E-state index contributed by atoms with van der Waals surface area (Å²) in [6.45, 7) is 0.255. The predicted molar refractivity (Wildman–Crippen MR) is 147 cm³/mol. The van der Waals surface area contributed by atoms with E-state index in [1.54, 1.807) is 25.3 Å². The van der Waals surface area contributed by atoms with Gasteiger partial charge in [0.1, 0.15) is 29.7 Å². The van der Waals surface area contributed by atoms with Gasteiger partial charge in [-0.15, -0.1) is 0 Å². The van der Waals surface area contributed by atoms with Crippen molar-refractivity contribution in [2.24, 2.45) is 0 Å². The van der Waals surface area contributed by atoms with Gasteiger partial charge in [0.05, 0.1) is 30.1 Å². The minimum absolute atomic E-state index is 0.255. The molecule has 0 saturated heterocycles. The fourth-order valence-electron chi connectivity index (χ4n) is 4.98. The van der Waals surface area contributed by atoms with Gasteiger partial charge in [-0.3, -0.25) is 0 Å². The van der Waals surface area contributed by atoms with Crippen LogP contribution in [0.4, 0.5) is 0 Å². The molecule has 0 bridgehead atoms. The van der Waals surface area contributed by atoms with Crippen molar-refractivity contribution < 1.29 is 9.47 Å². The summed E-state index contributed by atoms with van der Waals surface area (Å²) in [4.78, 5) is 0. The van der Waals surface area contributed by atoms with Crippen LogP contribution in [0.5, 0.6) is 11.5 Å². The summed E-state index contributed by atoms with van der Waals surface area (Å²) < 4.78 is 16.1. The quantitative estimate of drug-likeness (QED) is 0.252. The number of nitriles is 2. The van der Waals surface area contributed by atoms with Crippen LogP contribution >= 0.6 is 0 Å². The van der Waals surface area contributed by atoms with Crippen LogP contribution in [0.2, 0.25) is 0 Å². The molecule has 0 N–H and O–H groups in total. The van der Waals surface area contributed by atoms with E-state index in [-0.39, 0.29) is 6.61 Å². The fourth-order valence-corrected chi connectivity index (χ4v) is 4.98. The van der Waals surface area contributed by atoms with Crippen molar-refractivity contribution >= 4 is 21.5 Å². The topological polar surface area (TPSA) is 75.9 Å². The summed E-state index contributed by atoms with van der Waals surface area (Å²) in [5, 5.41) is 22.9. The molecule has 0 amide bonds. The number of hydrogen-bond donors (Lipinski definition) is 0. The van der Waals surface area contributed by atoms with E-state index in [9.17, 15) is 10.5 Å². The van der Waals surface area contributed by atoms with Crippen molar-refractivity contribution in [3.8, 4) is 35.0 Å². The van der Waals surface area contributed by atoms with Crippen LogP contribution in [-0.4, -0.2) is 16.2 Å². The molecule has 6 aromatic rings. The van der Waals surface area contributed by atoms with Gasteiger partial charge in [0.2, 0.25) is 0 Å². The van der Waals surface area contributed by atoms with E-state index in [2.05, 4.69) is 39.5 Å². The van der Waals surface area contributed by atoms with Crippen molar-refractivity contribution in [1.82, 2.24) is 9.13 Å². The van der Waals surface area contributed by atoms with Gasteiger partial charge in [0.15, 0.2) is 0 Å². The van der Waals surface area contributed by atoms with Gasteiger partial charge in [-0.1, -0.05) is 12.1 Å². The van der Waals surface area contributed by atoms with Gasteiger partial charge in [-0.25, -0.2) is 0 Å². The number of benzene rings is 4. The molecule has 4 aromatic carbocycles. The zero-order chi connectivity index (χ0) is 26.1. The van der Waals surface area contributed by atoms with E-state index < -0.39 is 0 Å². The van der Waals surface area contributed by atoms with Crippen molar-refractivity contribution in [2.75, 3.05) is 7.11 Å². The smallest absolute Gasteiger partial charge is 0.143 e. The molecule has 2 aromatic heterocycles. The highest BCUT2D eigenvalue weighted by Gasteiger charge is 2.16. The molecule has 0 fully saturated rings. The zero-order valence-corrected chi connectivity index (χ0v) is 20.6. The van der Waals surface area contributed by atoms with E-state index >= 15 is 0 Å². The molecule has 0 spiro atoms. The molecule has 0 aliphatic heterocycles. The monoisotopic (exact) mass is 494 g/mol. The third-order valence-corrected chi connectivity index (χ3v) is 6.72. The standard InChI is InChI=1S/C32H22N4O2/c1-37-31-12-10-26-27(32(31)36-15-4-5-16-36)17-22(18-29(26)35-13-2-3-14-35)21-38-30-11-9-24-23(19-33)7-6-8-25(24)28(30)20-34/h2-18H,21H2,1H3. The predicted octanol–water partition coefficient (Wildman–Crippen LogP) is 6.91. The molecule has 6 nitrogen and oxygen atoms in total. The van der Waals surface area contributed by atoms with Crippen molar-refractivity contribution in [1.29, 1.82) is 10.5 Å². The maximum Gasteiger partial charge on any atom is 0.143 e. The number of hydrogen-bond acceptors (Lipinski definition) is 4. The maximum atomic E-state index is 9.95. The third kappa shape index (κ3) is 3.82. The van der Waals surface area contributed by atoms with Gasteiger partial charge in [0, 0.05) is 46.3 Å². The molecule has 38 heavy (non-hydrogen) atoms. The molecule has 0 saturated carbocycles. The maximum absolute atomic E-state index is 9.95. The second-order valence-electron chi connectivity index (χ2n) is 8.86. The van der Waals surface area contributed by atoms with Gasteiger partial charge in [-0.05, 0) is 72.3 Å². The fraction of sp³-hybridized carbons (Fsp3) is 0.0625. The minimum Gasteiger partial charge on any atom is -0.495 e. The largest absolute Gasteiger partial charge is 0.495 e. The zero-order valence-electron chi connectivity index (χ0n) is 20.6.